The summed E-state index contributed by atoms with van der Waals surface area (Å²) < 4.78 is 45.9. The van der Waals surface area contributed by atoms with E-state index in [4.69, 9.17) is 0 Å². The molecule has 0 radical (unpaired) electrons. The Morgan fingerprint density at radius 3 is 2.77 bits per heavy atom. The average molecular weight is 429 g/mol. The number of rotatable bonds is 3. The van der Waals surface area contributed by atoms with Crippen molar-refractivity contribution in [1.29, 1.82) is 0 Å². The van der Waals surface area contributed by atoms with Crippen molar-refractivity contribution in [2.45, 2.75) is 25.6 Å². The quantitative estimate of drug-likeness (QED) is 0.538. The third kappa shape index (κ3) is 3.35. The standard InChI is InChI=1S/C19H14F3N7O2/c1-10-17-12(11-4-2-3-5-13(11)31-19(20,21)22)8-16(30)24-18(17)29(26-10)15-7-6-14-25-23-9-28(14)27-15/h2-7,9,12H,8H2,1H3,(H,24,30)/t12-/m0/s1. The lowest BCUT2D eigenvalue weighted by Gasteiger charge is -2.26. The highest BCUT2D eigenvalue weighted by molar-refractivity contribution is 5.95. The molecule has 4 aromatic rings. The second-order valence-corrected chi connectivity index (χ2v) is 6.98. The van der Waals surface area contributed by atoms with Gasteiger partial charge in [-0.15, -0.1) is 28.5 Å². The molecule has 158 valence electrons. The van der Waals surface area contributed by atoms with Crippen LogP contribution in [0.4, 0.5) is 19.0 Å². The second kappa shape index (κ2) is 6.79. The fourth-order valence-corrected chi connectivity index (χ4v) is 3.80. The van der Waals surface area contributed by atoms with E-state index < -0.39 is 12.3 Å². The number of nitrogens with zero attached hydrogens (tertiary/aromatic N) is 6. The first kappa shape index (κ1) is 19.0. The molecule has 31 heavy (non-hydrogen) atoms. The molecule has 0 saturated heterocycles. The number of nitrogens with one attached hydrogen (secondary N) is 1. The molecule has 0 fully saturated rings. The van der Waals surface area contributed by atoms with E-state index in [9.17, 15) is 18.0 Å². The van der Waals surface area contributed by atoms with Crippen LogP contribution < -0.4 is 10.1 Å². The Morgan fingerprint density at radius 2 is 1.97 bits per heavy atom. The molecule has 3 aromatic heterocycles. The number of halogens is 3. The number of hydrogen-bond acceptors (Lipinski definition) is 6. The molecule has 1 aliphatic heterocycles. The highest BCUT2D eigenvalue weighted by atomic mass is 19.4. The minimum absolute atomic E-state index is 0.0460. The molecule has 1 aliphatic rings. The maximum absolute atomic E-state index is 12.9. The van der Waals surface area contributed by atoms with Gasteiger partial charge in [-0.2, -0.15) is 14.3 Å². The summed E-state index contributed by atoms with van der Waals surface area (Å²) in [6.45, 7) is 1.73. The van der Waals surface area contributed by atoms with Crippen LogP contribution in [0.2, 0.25) is 0 Å². The first-order valence-corrected chi connectivity index (χ1v) is 9.21. The van der Waals surface area contributed by atoms with Crippen molar-refractivity contribution in [1.82, 2.24) is 29.6 Å². The number of anilines is 1. The van der Waals surface area contributed by atoms with Gasteiger partial charge in [0.15, 0.2) is 11.5 Å². The molecular weight excluding hydrogens is 415 g/mol. The summed E-state index contributed by atoms with van der Waals surface area (Å²) >= 11 is 0. The third-order valence-corrected chi connectivity index (χ3v) is 4.99. The Bertz CT molecular complexity index is 1310. The SMILES string of the molecule is Cc1nn(-c2ccc3nncn3n2)c2c1[C@H](c1ccccc1OC(F)(F)F)CC(=O)N2. The predicted octanol–water partition coefficient (Wildman–Crippen LogP) is 2.99. The summed E-state index contributed by atoms with van der Waals surface area (Å²) in [5, 5.41) is 19.3. The molecule has 0 unspecified atom stereocenters. The number of carbonyl (C=O) groups excluding carboxylic acids is 1. The van der Waals surface area contributed by atoms with Gasteiger partial charge in [-0.3, -0.25) is 4.79 Å². The van der Waals surface area contributed by atoms with Crippen LogP contribution in [0, 0.1) is 6.92 Å². The second-order valence-electron chi connectivity index (χ2n) is 6.98. The molecular formula is C19H14F3N7O2. The number of aryl methyl sites for hydroxylation is 1. The summed E-state index contributed by atoms with van der Waals surface area (Å²) in [5.74, 6) is -0.643. The minimum atomic E-state index is -4.85. The molecule has 0 bridgehead atoms. The third-order valence-electron chi connectivity index (χ3n) is 4.99. The Balaban J connectivity index is 1.65. The molecule has 4 heterocycles. The topological polar surface area (TPSA) is 99.2 Å². The van der Waals surface area contributed by atoms with E-state index in [1.165, 1.54) is 33.7 Å². The molecule has 0 saturated carbocycles. The van der Waals surface area contributed by atoms with Gasteiger partial charge in [-0.1, -0.05) is 18.2 Å². The van der Waals surface area contributed by atoms with E-state index >= 15 is 0 Å². The zero-order chi connectivity index (χ0) is 21.8. The van der Waals surface area contributed by atoms with Gasteiger partial charge in [0, 0.05) is 23.5 Å². The summed E-state index contributed by atoms with van der Waals surface area (Å²) in [6, 6.07) is 9.15. The van der Waals surface area contributed by atoms with Crippen LogP contribution in [0.3, 0.4) is 0 Å². The Kier molecular flexibility index (Phi) is 4.17. The van der Waals surface area contributed by atoms with Crippen molar-refractivity contribution >= 4 is 17.4 Å². The molecule has 12 heteroatoms. The van der Waals surface area contributed by atoms with Gasteiger partial charge in [-0.25, -0.2) is 0 Å². The molecule has 0 spiro atoms. The average Bonchev–Trinajstić information content (AvgIpc) is 3.30. The zero-order valence-electron chi connectivity index (χ0n) is 16.0. The van der Waals surface area contributed by atoms with E-state index in [1.807, 2.05) is 0 Å². The number of para-hydroxylation sites is 1. The van der Waals surface area contributed by atoms with E-state index in [-0.39, 0.29) is 23.6 Å². The van der Waals surface area contributed by atoms with Gasteiger partial charge >= 0.3 is 6.36 Å². The number of benzene rings is 1. The Morgan fingerprint density at radius 1 is 1.16 bits per heavy atom. The highest BCUT2D eigenvalue weighted by Gasteiger charge is 2.37. The number of hydrogen-bond donors (Lipinski definition) is 1. The van der Waals surface area contributed by atoms with Crippen molar-refractivity contribution in [3.05, 3.63) is 59.5 Å². The number of fused-ring (bicyclic) bond motifs is 2. The monoisotopic (exact) mass is 429 g/mol. The molecule has 9 nitrogen and oxygen atoms in total. The smallest absolute Gasteiger partial charge is 0.405 e. The van der Waals surface area contributed by atoms with Crippen LogP contribution >= 0.6 is 0 Å². The van der Waals surface area contributed by atoms with E-state index in [2.05, 4.69) is 30.4 Å². The lowest BCUT2D eigenvalue weighted by molar-refractivity contribution is -0.274. The molecule has 1 aromatic carbocycles. The van der Waals surface area contributed by atoms with Crippen LogP contribution in [-0.4, -0.2) is 41.9 Å². The fraction of sp³-hybridized carbons (Fsp3) is 0.211. The van der Waals surface area contributed by atoms with Crippen molar-refractivity contribution in [3.63, 3.8) is 0 Å². The largest absolute Gasteiger partial charge is 0.573 e. The van der Waals surface area contributed by atoms with Gasteiger partial charge < -0.3 is 10.1 Å². The highest BCUT2D eigenvalue weighted by Crippen LogP contribution is 2.43. The fourth-order valence-electron chi connectivity index (χ4n) is 3.80. The normalized spacial score (nSPS) is 16.3. The first-order chi connectivity index (χ1) is 14.8. The summed E-state index contributed by atoms with van der Waals surface area (Å²) in [5.41, 5.74) is 1.93. The van der Waals surface area contributed by atoms with Crippen LogP contribution in [0.15, 0.2) is 42.7 Å². The van der Waals surface area contributed by atoms with Crippen molar-refractivity contribution in [2.75, 3.05) is 5.32 Å². The van der Waals surface area contributed by atoms with Crippen LogP contribution in [0.25, 0.3) is 11.5 Å². The Hall–Kier alpha value is -3.96. The number of amides is 1. The summed E-state index contributed by atoms with van der Waals surface area (Å²) in [6.07, 6.45) is -3.48. The molecule has 1 atom stereocenters. The maximum atomic E-state index is 12.9. The van der Waals surface area contributed by atoms with Gasteiger partial charge in [0.1, 0.15) is 17.9 Å². The van der Waals surface area contributed by atoms with Crippen molar-refractivity contribution in [3.8, 4) is 11.6 Å². The Labute approximate surface area is 172 Å². The van der Waals surface area contributed by atoms with E-state index in [0.29, 0.717) is 28.5 Å². The van der Waals surface area contributed by atoms with Gasteiger partial charge in [0.25, 0.3) is 0 Å². The summed E-state index contributed by atoms with van der Waals surface area (Å²) in [4.78, 5) is 12.5. The number of ether oxygens (including phenoxy) is 1. The number of carbonyl (C=O) groups is 1. The van der Waals surface area contributed by atoms with Gasteiger partial charge in [-0.05, 0) is 25.1 Å². The number of aromatic nitrogens is 6. The molecule has 5 rings (SSSR count). The first-order valence-electron chi connectivity index (χ1n) is 9.21. The zero-order valence-corrected chi connectivity index (χ0v) is 16.0. The number of alkyl halides is 3. The summed E-state index contributed by atoms with van der Waals surface area (Å²) in [7, 11) is 0. The lowest BCUT2D eigenvalue weighted by atomic mass is 9.85. The van der Waals surface area contributed by atoms with Crippen molar-refractivity contribution < 1.29 is 22.7 Å². The van der Waals surface area contributed by atoms with E-state index in [0.717, 1.165) is 0 Å². The van der Waals surface area contributed by atoms with Crippen molar-refractivity contribution in [2.24, 2.45) is 0 Å². The maximum Gasteiger partial charge on any atom is 0.573 e. The van der Waals surface area contributed by atoms with Crippen LogP contribution in [-0.2, 0) is 4.79 Å². The van der Waals surface area contributed by atoms with Gasteiger partial charge in [0.05, 0.1) is 5.69 Å². The molecule has 0 aliphatic carbocycles. The van der Waals surface area contributed by atoms with E-state index in [1.54, 1.807) is 25.1 Å². The van der Waals surface area contributed by atoms with Crippen LogP contribution in [0.5, 0.6) is 5.75 Å². The molecule has 1 amide bonds. The minimum Gasteiger partial charge on any atom is -0.405 e. The van der Waals surface area contributed by atoms with Gasteiger partial charge in [0.2, 0.25) is 5.91 Å². The van der Waals surface area contributed by atoms with Crippen LogP contribution in [0.1, 0.15) is 29.2 Å². The predicted molar refractivity (Wildman–Crippen MR) is 101 cm³/mol. The molecule has 1 N–H and O–H groups in total. The lowest BCUT2D eigenvalue weighted by Crippen LogP contribution is -2.26.